The number of rotatable bonds is 4. The third-order valence-electron chi connectivity index (χ3n) is 4.35. The Hall–Kier alpha value is -3.48. The minimum atomic E-state index is -0.254. The zero-order valence-electron chi connectivity index (χ0n) is 15.4. The topological polar surface area (TPSA) is 85.3 Å². The average molecular weight is 361 g/mol. The molecule has 0 saturated heterocycles. The van der Waals surface area contributed by atoms with Crippen LogP contribution in [0.1, 0.15) is 33.1 Å². The van der Waals surface area contributed by atoms with E-state index in [0.717, 1.165) is 22.6 Å². The summed E-state index contributed by atoms with van der Waals surface area (Å²) in [5.74, 6) is 0.325. The summed E-state index contributed by atoms with van der Waals surface area (Å²) < 4.78 is 7.00. The van der Waals surface area contributed by atoms with Crippen molar-refractivity contribution in [3.63, 3.8) is 0 Å². The number of nitrogens with zero attached hydrogens (tertiary/aromatic N) is 4. The minimum absolute atomic E-state index is 0.236. The zero-order valence-corrected chi connectivity index (χ0v) is 15.4. The van der Waals surface area contributed by atoms with Gasteiger partial charge in [-0.2, -0.15) is 5.10 Å². The van der Waals surface area contributed by atoms with Crippen LogP contribution in [0.5, 0.6) is 0 Å². The van der Waals surface area contributed by atoms with Crippen LogP contribution in [0.4, 0.5) is 0 Å². The molecule has 0 spiro atoms. The number of aryl methyl sites for hydroxylation is 3. The lowest BCUT2D eigenvalue weighted by atomic mass is 10.1. The molecule has 0 saturated carbocycles. The second kappa shape index (κ2) is 6.68. The van der Waals surface area contributed by atoms with Crippen LogP contribution in [0, 0.1) is 20.8 Å². The quantitative estimate of drug-likeness (QED) is 0.603. The van der Waals surface area contributed by atoms with Gasteiger partial charge in [0.2, 0.25) is 0 Å². The second-order valence-electron chi connectivity index (χ2n) is 6.56. The maximum absolute atomic E-state index is 12.6. The van der Waals surface area contributed by atoms with E-state index in [4.69, 9.17) is 4.52 Å². The molecule has 3 aromatic heterocycles. The number of hydrogen-bond donors (Lipinski definition) is 1. The molecule has 0 aliphatic heterocycles. The van der Waals surface area contributed by atoms with Crippen LogP contribution in [0.15, 0.2) is 47.1 Å². The lowest BCUT2D eigenvalue weighted by Crippen LogP contribution is -2.22. The normalized spacial score (nSPS) is 11.1. The lowest BCUT2D eigenvalue weighted by molar-refractivity contribution is 0.0948. The predicted molar refractivity (Wildman–Crippen MR) is 100 cm³/mol. The van der Waals surface area contributed by atoms with Gasteiger partial charge in [-0.15, -0.1) is 0 Å². The number of fused-ring (bicyclic) bond motifs is 1. The summed E-state index contributed by atoms with van der Waals surface area (Å²) in [6.07, 6.45) is 1.53. The molecule has 1 aromatic carbocycles. The lowest BCUT2D eigenvalue weighted by Gasteiger charge is -2.03. The van der Waals surface area contributed by atoms with Crippen LogP contribution < -0.4 is 5.32 Å². The van der Waals surface area contributed by atoms with Gasteiger partial charge in [0.1, 0.15) is 11.3 Å². The number of hydrogen-bond acceptors (Lipinski definition) is 5. The van der Waals surface area contributed by atoms with Gasteiger partial charge in [0.15, 0.2) is 11.4 Å². The molecule has 4 aromatic rings. The van der Waals surface area contributed by atoms with Gasteiger partial charge in [-0.3, -0.25) is 4.79 Å². The Labute approximate surface area is 156 Å². The molecule has 7 nitrogen and oxygen atoms in total. The van der Waals surface area contributed by atoms with Crippen molar-refractivity contribution in [2.45, 2.75) is 27.3 Å². The monoisotopic (exact) mass is 361 g/mol. The van der Waals surface area contributed by atoms with Crippen LogP contribution in [0.25, 0.3) is 16.9 Å². The van der Waals surface area contributed by atoms with Crippen molar-refractivity contribution >= 4 is 11.6 Å². The van der Waals surface area contributed by atoms with E-state index in [-0.39, 0.29) is 12.5 Å². The number of benzene rings is 1. The van der Waals surface area contributed by atoms with E-state index >= 15 is 0 Å². The highest BCUT2D eigenvalue weighted by Crippen LogP contribution is 2.19. The summed E-state index contributed by atoms with van der Waals surface area (Å²) in [6.45, 7) is 6.09. The highest BCUT2D eigenvalue weighted by Gasteiger charge is 2.16. The Morgan fingerprint density at radius 2 is 1.93 bits per heavy atom. The molecule has 136 valence electrons. The molecule has 0 radical (unpaired) electrons. The largest absolute Gasteiger partial charge is 0.359 e. The van der Waals surface area contributed by atoms with Gasteiger partial charge in [0.05, 0.1) is 12.7 Å². The maximum Gasteiger partial charge on any atom is 0.257 e. The second-order valence-corrected chi connectivity index (χ2v) is 6.56. The Morgan fingerprint density at radius 1 is 1.15 bits per heavy atom. The van der Waals surface area contributed by atoms with Gasteiger partial charge in [-0.25, -0.2) is 9.50 Å². The van der Waals surface area contributed by atoms with E-state index in [1.54, 1.807) is 4.52 Å². The third kappa shape index (κ3) is 3.31. The number of carbonyl (C=O) groups excluding carboxylic acids is 1. The van der Waals surface area contributed by atoms with E-state index < -0.39 is 0 Å². The standard InChI is InChI=1S/C20H19N5O2/c1-12-4-6-15(7-5-12)18-9-16(27-24-18)10-21-20(26)17-11-22-25-14(3)8-13(2)23-19(17)25/h4-9,11H,10H2,1-3H3,(H,21,26). The van der Waals surface area contributed by atoms with Crippen molar-refractivity contribution < 1.29 is 9.32 Å². The first-order chi connectivity index (χ1) is 13.0. The van der Waals surface area contributed by atoms with Gasteiger partial charge in [-0.05, 0) is 26.8 Å². The van der Waals surface area contributed by atoms with Gasteiger partial charge in [0, 0.05) is 23.0 Å². The molecule has 27 heavy (non-hydrogen) atoms. The first-order valence-corrected chi connectivity index (χ1v) is 8.64. The number of carbonyl (C=O) groups is 1. The molecular formula is C20H19N5O2. The number of nitrogens with one attached hydrogen (secondary N) is 1. The average Bonchev–Trinajstić information content (AvgIpc) is 3.27. The van der Waals surface area contributed by atoms with Crippen molar-refractivity contribution in [1.82, 2.24) is 25.1 Å². The zero-order chi connectivity index (χ0) is 19.0. The minimum Gasteiger partial charge on any atom is -0.359 e. The molecule has 7 heteroatoms. The van der Waals surface area contributed by atoms with Gasteiger partial charge < -0.3 is 9.84 Å². The summed E-state index contributed by atoms with van der Waals surface area (Å²) in [6, 6.07) is 11.8. The fraction of sp³-hybridized carbons (Fsp3) is 0.200. The SMILES string of the molecule is Cc1ccc(-c2cc(CNC(=O)c3cnn4c(C)cc(C)nc34)on2)cc1. The molecular weight excluding hydrogens is 342 g/mol. The highest BCUT2D eigenvalue weighted by atomic mass is 16.5. The smallest absolute Gasteiger partial charge is 0.257 e. The van der Waals surface area contributed by atoms with E-state index in [1.165, 1.54) is 11.8 Å². The molecule has 1 N–H and O–H groups in total. The molecule has 1 amide bonds. The first-order valence-electron chi connectivity index (χ1n) is 8.64. The molecule has 0 bridgehead atoms. The molecule has 4 rings (SSSR count). The van der Waals surface area contributed by atoms with Crippen molar-refractivity contribution in [3.05, 3.63) is 70.9 Å². The molecule has 0 unspecified atom stereocenters. The van der Waals surface area contributed by atoms with E-state index in [9.17, 15) is 4.79 Å². The van der Waals surface area contributed by atoms with Gasteiger partial charge >= 0.3 is 0 Å². The molecule has 0 atom stereocenters. The van der Waals surface area contributed by atoms with Crippen LogP contribution in [-0.2, 0) is 6.54 Å². The molecule has 0 aliphatic rings. The van der Waals surface area contributed by atoms with E-state index in [0.29, 0.717) is 17.0 Å². The van der Waals surface area contributed by atoms with Crippen LogP contribution in [-0.4, -0.2) is 25.7 Å². The maximum atomic E-state index is 12.6. The van der Waals surface area contributed by atoms with E-state index in [2.05, 4.69) is 20.6 Å². The Balaban J connectivity index is 1.49. The summed E-state index contributed by atoms with van der Waals surface area (Å²) in [7, 11) is 0. The van der Waals surface area contributed by atoms with Crippen molar-refractivity contribution in [2.24, 2.45) is 0 Å². The van der Waals surface area contributed by atoms with Crippen molar-refractivity contribution in [3.8, 4) is 11.3 Å². The molecule has 0 aliphatic carbocycles. The summed E-state index contributed by atoms with van der Waals surface area (Å²) in [5.41, 5.74) is 5.63. The Bertz CT molecular complexity index is 1130. The number of amides is 1. The fourth-order valence-corrected chi connectivity index (χ4v) is 2.95. The molecule has 0 fully saturated rings. The summed E-state index contributed by atoms with van der Waals surface area (Å²) in [5, 5.41) is 11.2. The number of aromatic nitrogens is 4. The Morgan fingerprint density at radius 3 is 2.70 bits per heavy atom. The van der Waals surface area contributed by atoms with Crippen LogP contribution in [0.3, 0.4) is 0 Å². The molecule has 3 heterocycles. The van der Waals surface area contributed by atoms with Crippen molar-refractivity contribution in [1.29, 1.82) is 0 Å². The van der Waals surface area contributed by atoms with Crippen molar-refractivity contribution in [2.75, 3.05) is 0 Å². The fourth-order valence-electron chi connectivity index (χ4n) is 2.95. The first kappa shape index (κ1) is 17.0. The van der Waals surface area contributed by atoms with Crippen LogP contribution in [0.2, 0.25) is 0 Å². The van der Waals surface area contributed by atoms with E-state index in [1.807, 2.05) is 57.2 Å². The summed E-state index contributed by atoms with van der Waals surface area (Å²) >= 11 is 0. The summed E-state index contributed by atoms with van der Waals surface area (Å²) in [4.78, 5) is 17.0. The third-order valence-corrected chi connectivity index (χ3v) is 4.35. The van der Waals surface area contributed by atoms with Gasteiger partial charge in [0.25, 0.3) is 5.91 Å². The predicted octanol–water partition coefficient (Wildman–Crippen LogP) is 3.24. The highest BCUT2D eigenvalue weighted by molar-refractivity contribution is 5.99. The van der Waals surface area contributed by atoms with Crippen LogP contribution >= 0.6 is 0 Å². The Kier molecular flexibility index (Phi) is 4.19. The van der Waals surface area contributed by atoms with Gasteiger partial charge in [-0.1, -0.05) is 35.0 Å².